The normalized spacial score (nSPS) is 18.1. The van der Waals surface area contributed by atoms with Gasteiger partial charge in [-0.3, -0.25) is 0 Å². The Morgan fingerprint density at radius 1 is 1.50 bits per heavy atom. The predicted molar refractivity (Wildman–Crippen MR) is 76.6 cm³/mol. The lowest BCUT2D eigenvalue weighted by Crippen LogP contribution is -2.45. The molecule has 0 bridgehead atoms. The standard InChI is InChI=1S/C15H24N2O3/c1-4-19-15(18)17-9-7-13(8-10-17)16-12(3)14-6-5-11(2)20-14/h5-6,12-13,16H,4,7-10H2,1-3H3. The van der Waals surface area contributed by atoms with Crippen LogP contribution in [0.5, 0.6) is 0 Å². The second kappa shape index (κ2) is 6.79. The average molecular weight is 280 g/mol. The molecule has 2 rings (SSSR count). The molecule has 0 radical (unpaired) electrons. The quantitative estimate of drug-likeness (QED) is 0.921. The Morgan fingerprint density at radius 3 is 2.75 bits per heavy atom. The highest BCUT2D eigenvalue weighted by Gasteiger charge is 2.25. The Bertz CT molecular complexity index is 436. The first-order valence-electron chi connectivity index (χ1n) is 7.34. The first-order valence-corrected chi connectivity index (χ1v) is 7.34. The second-order valence-electron chi connectivity index (χ2n) is 5.30. The van der Waals surface area contributed by atoms with Crippen LogP contribution in [0.25, 0.3) is 0 Å². The largest absolute Gasteiger partial charge is 0.465 e. The van der Waals surface area contributed by atoms with Crippen molar-refractivity contribution in [3.63, 3.8) is 0 Å². The monoisotopic (exact) mass is 280 g/mol. The summed E-state index contributed by atoms with van der Waals surface area (Å²) in [6.45, 7) is 7.83. The van der Waals surface area contributed by atoms with Crippen LogP contribution in [-0.4, -0.2) is 36.7 Å². The molecule has 1 N–H and O–H groups in total. The number of rotatable bonds is 4. The number of hydrogen-bond donors (Lipinski definition) is 1. The molecule has 1 aromatic rings. The number of nitrogens with one attached hydrogen (secondary N) is 1. The summed E-state index contributed by atoms with van der Waals surface area (Å²) in [5.41, 5.74) is 0. The second-order valence-corrected chi connectivity index (χ2v) is 5.30. The van der Waals surface area contributed by atoms with Crippen LogP contribution in [0.4, 0.5) is 4.79 Å². The Morgan fingerprint density at radius 2 is 2.20 bits per heavy atom. The van der Waals surface area contributed by atoms with Gasteiger partial charge in [0.15, 0.2) is 0 Å². The minimum atomic E-state index is -0.194. The minimum Gasteiger partial charge on any atom is -0.465 e. The molecule has 112 valence electrons. The van der Waals surface area contributed by atoms with E-state index in [0.717, 1.165) is 37.5 Å². The third-order valence-electron chi connectivity index (χ3n) is 3.69. The fourth-order valence-corrected chi connectivity index (χ4v) is 2.57. The van der Waals surface area contributed by atoms with E-state index in [0.29, 0.717) is 12.6 Å². The SMILES string of the molecule is CCOC(=O)N1CCC(NC(C)c2ccc(C)o2)CC1. The van der Waals surface area contributed by atoms with E-state index in [9.17, 15) is 4.79 Å². The highest BCUT2D eigenvalue weighted by molar-refractivity contribution is 5.67. The van der Waals surface area contributed by atoms with Crippen LogP contribution < -0.4 is 5.32 Å². The molecule has 2 heterocycles. The van der Waals surface area contributed by atoms with Crippen molar-refractivity contribution in [3.8, 4) is 0 Å². The van der Waals surface area contributed by atoms with Crippen molar-refractivity contribution in [1.82, 2.24) is 10.2 Å². The van der Waals surface area contributed by atoms with E-state index >= 15 is 0 Å². The van der Waals surface area contributed by atoms with E-state index < -0.39 is 0 Å². The van der Waals surface area contributed by atoms with Crippen LogP contribution in [0.1, 0.15) is 44.3 Å². The van der Waals surface area contributed by atoms with Gasteiger partial charge in [-0.1, -0.05) is 0 Å². The van der Waals surface area contributed by atoms with E-state index in [2.05, 4.69) is 12.2 Å². The number of carbonyl (C=O) groups excluding carboxylic acids is 1. The third-order valence-corrected chi connectivity index (χ3v) is 3.69. The van der Waals surface area contributed by atoms with Gasteiger partial charge in [0.2, 0.25) is 0 Å². The number of amides is 1. The van der Waals surface area contributed by atoms with Gasteiger partial charge in [0, 0.05) is 19.1 Å². The number of furan rings is 1. The van der Waals surface area contributed by atoms with Crippen molar-refractivity contribution in [2.45, 2.75) is 45.7 Å². The van der Waals surface area contributed by atoms with Crippen molar-refractivity contribution < 1.29 is 13.9 Å². The number of aryl methyl sites for hydroxylation is 1. The van der Waals surface area contributed by atoms with Gasteiger partial charge in [-0.25, -0.2) is 4.79 Å². The van der Waals surface area contributed by atoms with Crippen LogP contribution in [0, 0.1) is 6.92 Å². The van der Waals surface area contributed by atoms with Crippen LogP contribution >= 0.6 is 0 Å². The molecule has 0 saturated carbocycles. The molecule has 0 spiro atoms. The summed E-state index contributed by atoms with van der Waals surface area (Å²) in [7, 11) is 0. The van der Waals surface area contributed by atoms with Crippen LogP contribution in [0.3, 0.4) is 0 Å². The van der Waals surface area contributed by atoms with Crippen LogP contribution in [0.15, 0.2) is 16.5 Å². The molecule has 0 aliphatic carbocycles. The van der Waals surface area contributed by atoms with Gasteiger partial charge in [0.05, 0.1) is 12.6 Å². The van der Waals surface area contributed by atoms with Gasteiger partial charge < -0.3 is 19.4 Å². The Balaban J connectivity index is 1.78. The fourth-order valence-electron chi connectivity index (χ4n) is 2.57. The molecule has 1 amide bonds. The predicted octanol–water partition coefficient (Wildman–Crippen LogP) is 2.86. The molecule has 1 atom stereocenters. The topological polar surface area (TPSA) is 54.7 Å². The first kappa shape index (κ1) is 14.9. The average Bonchev–Trinajstić information content (AvgIpc) is 2.86. The van der Waals surface area contributed by atoms with Crippen molar-refractivity contribution in [1.29, 1.82) is 0 Å². The first-order chi connectivity index (χ1) is 9.60. The van der Waals surface area contributed by atoms with Crippen molar-refractivity contribution >= 4 is 6.09 Å². The molecular formula is C15H24N2O3. The summed E-state index contributed by atoms with van der Waals surface area (Å²) >= 11 is 0. The lowest BCUT2D eigenvalue weighted by atomic mass is 10.0. The molecule has 1 aliphatic rings. The zero-order valence-electron chi connectivity index (χ0n) is 12.5. The van der Waals surface area contributed by atoms with Gasteiger partial charge in [-0.2, -0.15) is 0 Å². The van der Waals surface area contributed by atoms with E-state index in [4.69, 9.17) is 9.15 Å². The maximum Gasteiger partial charge on any atom is 0.409 e. The number of nitrogens with zero attached hydrogens (tertiary/aromatic N) is 1. The lowest BCUT2D eigenvalue weighted by Gasteiger charge is -2.32. The van der Waals surface area contributed by atoms with E-state index in [1.807, 2.05) is 26.0 Å². The summed E-state index contributed by atoms with van der Waals surface area (Å²) in [6.07, 6.45) is 1.70. The van der Waals surface area contributed by atoms with Crippen molar-refractivity contribution in [2.24, 2.45) is 0 Å². The summed E-state index contributed by atoms with van der Waals surface area (Å²) in [4.78, 5) is 13.4. The molecule has 1 saturated heterocycles. The number of carbonyl (C=O) groups is 1. The lowest BCUT2D eigenvalue weighted by molar-refractivity contribution is 0.0941. The molecule has 1 fully saturated rings. The van der Waals surface area contributed by atoms with Gasteiger partial charge in [-0.15, -0.1) is 0 Å². The molecule has 0 aromatic carbocycles. The maximum absolute atomic E-state index is 11.6. The van der Waals surface area contributed by atoms with Crippen molar-refractivity contribution in [2.75, 3.05) is 19.7 Å². The fraction of sp³-hybridized carbons (Fsp3) is 0.667. The summed E-state index contributed by atoms with van der Waals surface area (Å²) in [5.74, 6) is 1.90. The van der Waals surface area contributed by atoms with Crippen LogP contribution in [0.2, 0.25) is 0 Å². The molecule has 1 aromatic heterocycles. The van der Waals surface area contributed by atoms with Gasteiger partial charge >= 0.3 is 6.09 Å². The number of ether oxygens (including phenoxy) is 1. The molecular weight excluding hydrogens is 256 g/mol. The zero-order chi connectivity index (χ0) is 14.5. The molecule has 20 heavy (non-hydrogen) atoms. The van der Waals surface area contributed by atoms with Crippen molar-refractivity contribution in [3.05, 3.63) is 23.7 Å². The molecule has 1 unspecified atom stereocenters. The zero-order valence-corrected chi connectivity index (χ0v) is 12.5. The minimum absolute atomic E-state index is 0.194. The Labute approximate surface area is 120 Å². The summed E-state index contributed by atoms with van der Waals surface area (Å²) in [6, 6.07) is 4.61. The molecule has 1 aliphatic heterocycles. The number of piperidine rings is 1. The Kier molecular flexibility index (Phi) is 5.06. The highest BCUT2D eigenvalue weighted by atomic mass is 16.6. The molecule has 5 nitrogen and oxygen atoms in total. The summed E-state index contributed by atoms with van der Waals surface area (Å²) < 4.78 is 10.7. The maximum atomic E-state index is 11.6. The van der Waals surface area contributed by atoms with E-state index in [1.165, 1.54) is 0 Å². The third kappa shape index (κ3) is 3.76. The van der Waals surface area contributed by atoms with Gasteiger partial charge in [0.1, 0.15) is 11.5 Å². The number of likely N-dealkylation sites (tertiary alicyclic amines) is 1. The van der Waals surface area contributed by atoms with Gasteiger partial charge in [-0.05, 0) is 45.7 Å². The smallest absolute Gasteiger partial charge is 0.409 e. The van der Waals surface area contributed by atoms with Gasteiger partial charge in [0.25, 0.3) is 0 Å². The highest BCUT2D eigenvalue weighted by Crippen LogP contribution is 2.19. The van der Waals surface area contributed by atoms with E-state index in [1.54, 1.807) is 4.90 Å². The Hall–Kier alpha value is -1.49. The van der Waals surface area contributed by atoms with E-state index in [-0.39, 0.29) is 12.1 Å². The number of hydrogen-bond acceptors (Lipinski definition) is 4. The molecule has 5 heteroatoms. The van der Waals surface area contributed by atoms with Crippen LogP contribution in [-0.2, 0) is 4.74 Å². The summed E-state index contributed by atoms with van der Waals surface area (Å²) in [5, 5.41) is 3.57.